The zero-order valence-electron chi connectivity index (χ0n) is 11.8. The van der Waals surface area contributed by atoms with Gasteiger partial charge in [-0.3, -0.25) is 4.79 Å². The third-order valence-electron chi connectivity index (χ3n) is 3.19. The summed E-state index contributed by atoms with van der Waals surface area (Å²) in [6.07, 6.45) is -1.28. The Hall–Kier alpha value is -0.950. The number of amides is 1. The van der Waals surface area contributed by atoms with Gasteiger partial charge in [-0.2, -0.15) is 0 Å². The van der Waals surface area contributed by atoms with Crippen molar-refractivity contribution in [3.8, 4) is 0 Å². The van der Waals surface area contributed by atoms with Gasteiger partial charge in [0.05, 0.1) is 0 Å². The molecule has 0 bridgehead atoms. The number of carbonyl (C=O) groups is 1. The number of hydrogen-bond donors (Lipinski definition) is 1. The maximum Gasteiger partial charge on any atom is 0.246 e. The summed E-state index contributed by atoms with van der Waals surface area (Å²) in [6.45, 7) is 9.28. The monoisotopic (exact) mass is 271 g/mol. The lowest BCUT2D eigenvalue weighted by molar-refractivity contribution is -0.226. The number of carbonyl (C=O) groups excluding carboxylic acids is 1. The van der Waals surface area contributed by atoms with Gasteiger partial charge in [-0.25, -0.2) is 0 Å². The van der Waals surface area contributed by atoms with Crippen molar-refractivity contribution in [1.82, 2.24) is 5.32 Å². The van der Waals surface area contributed by atoms with Crippen LogP contribution in [0, 0.1) is 0 Å². The molecule has 1 N–H and O–H groups in total. The van der Waals surface area contributed by atoms with Crippen LogP contribution in [0.25, 0.3) is 0 Å². The first-order valence-electron chi connectivity index (χ1n) is 6.31. The summed E-state index contributed by atoms with van der Waals surface area (Å²) in [5.41, 5.74) is 0.460. The van der Waals surface area contributed by atoms with Gasteiger partial charge in [0.2, 0.25) is 5.91 Å². The van der Waals surface area contributed by atoms with Gasteiger partial charge in [-0.05, 0) is 20.8 Å². The summed E-state index contributed by atoms with van der Waals surface area (Å²) in [6, 6.07) is 0. The van der Waals surface area contributed by atoms with Crippen molar-refractivity contribution >= 4 is 5.91 Å². The molecule has 0 aliphatic carbocycles. The fraction of sp³-hybridized carbons (Fsp3) is 0.769. The summed E-state index contributed by atoms with van der Waals surface area (Å²) in [7, 11) is 1.56. The molecule has 2 aliphatic rings. The van der Waals surface area contributed by atoms with Crippen molar-refractivity contribution in [2.45, 2.75) is 51.2 Å². The zero-order chi connectivity index (χ0) is 14.2. The second kappa shape index (κ2) is 5.20. The Morgan fingerprint density at radius 3 is 2.58 bits per heavy atom. The molecule has 2 saturated heterocycles. The summed E-state index contributed by atoms with van der Waals surface area (Å²) in [4.78, 5) is 11.5. The molecular formula is C13H21NO5. The van der Waals surface area contributed by atoms with E-state index in [9.17, 15) is 4.79 Å². The smallest absolute Gasteiger partial charge is 0.246 e. The van der Waals surface area contributed by atoms with Gasteiger partial charge in [0, 0.05) is 19.2 Å². The highest BCUT2D eigenvalue weighted by molar-refractivity contribution is 5.92. The van der Waals surface area contributed by atoms with Gasteiger partial charge in [0.1, 0.15) is 18.3 Å². The summed E-state index contributed by atoms with van der Waals surface area (Å²) >= 11 is 0. The highest BCUT2D eigenvalue weighted by Gasteiger charge is 2.55. The second-order valence-corrected chi connectivity index (χ2v) is 5.33. The average Bonchev–Trinajstić information content (AvgIpc) is 2.79. The van der Waals surface area contributed by atoms with E-state index in [4.69, 9.17) is 18.9 Å². The second-order valence-electron chi connectivity index (χ2n) is 5.33. The lowest BCUT2D eigenvalue weighted by Crippen LogP contribution is -2.40. The highest BCUT2D eigenvalue weighted by Crippen LogP contribution is 2.38. The van der Waals surface area contributed by atoms with Crippen molar-refractivity contribution in [3.05, 3.63) is 12.2 Å². The molecule has 2 fully saturated rings. The van der Waals surface area contributed by atoms with Crippen molar-refractivity contribution in [2.75, 3.05) is 13.7 Å². The molecule has 108 valence electrons. The first-order valence-corrected chi connectivity index (χ1v) is 6.31. The van der Waals surface area contributed by atoms with Crippen LogP contribution in [0.15, 0.2) is 12.2 Å². The molecule has 0 aromatic heterocycles. The molecule has 0 spiro atoms. The van der Waals surface area contributed by atoms with Crippen LogP contribution in [-0.2, 0) is 23.7 Å². The van der Waals surface area contributed by atoms with Gasteiger partial charge in [0.25, 0.3) is 0 Å². The summed E-state index contributed by atoms with van der Waals surface area (Å²) in [5.74, 6) is -0.855. The maximum absolute atomic E-state index is 11.5. The number of fused-ring (bicyclic) bond motifs is 1. The van der Waals surface area contributed by atoms with E-state index in [1.165, 1.54) is 0 Å². The Morgan fingerprint density at radius 2 is 2.00 bits per heavy atom. The van der Waals surface area contributed by atoms with Gasteiger partial charge in [0.15, 0.2) is 12.1 Å². The molecule has 0 saturated carbocycles. The normalized spacial score (nSPS) is 36.0. The molecule has 1 unspecified atom stereocenters. The third-order valence-corrected chi connectivity index (χ3v) is 3.19. The Morgan fingerprint density at radius 1 is 1.37 bits per heavy atom. The molecule has 0 radical (unpaired) electrons. The first-order chi connectivity index (χ1) is 8.84. The van der Waals surface area contributed by atoms with Gasteiger partial charge >= 0.3 is 0 Å². The molecule has 6 nitrogen and oxygen atoms in total. The predicted octanol–water partition coefficient (Wildman–Crippen LogP) is 0.570. The maximum atomic E-state index is 11.5. The fourth-order valence-corrected chi connectivity index (χ4v) is 2.34. The zero-order valence-corrected chi connectivity index (χ0v) is 11.8. The van der Waals surface area contributed by atoms with Crippen molar-refractivity contribution < 1.29 is 23.7 Å². The van der Waals surface area contributed by atoms with E-state index in [0.717, 1.165) is 0 Å². The first kappa shape index (κ1) is 14.5. The molecule has 0 aromatic carbocycles. The van der Waals surface area contributed by atoms with E-state index in [2.05, 4.69) is 11.9 Å². The Kier molecular flexibility index (Phi) is 3.96. The van der Waals surface area contributed by atoms with Crippen molar-refractivity contribution in [2.24, 2.45) is 0 Å². The standard InChI is InChI=1S/C13H21NO5/c1-7(2)11(15)14-6-8-9-10(12(16-5)17-8)19-13(3,4)18-9/h8-10,12H,1,6H2,2-5H3,(H,14,15)/t8-,9-,10-,12?/m1/s1. The lowest BCUT2D eigenvalue weighted by Gasteiger charge is -2.23. The van der Waals surface area contributed by atoms with Gasteiger partial charge in [-0.15, -0.1) is 0 Å². The highest BCUT2D eigenvalue weighted by atomic mass is 16.8. The van der Waals surface area contributed by atoms with Crippen molar-refractivity contribution in [3.63, 3.8) is 0 Å². The SMILES string of the molecule is C=C(C)C(=O)NC[C@H]1OC(OC)[C@@H]2OC(C)(C)O[C@H]12. The fourth-order valence-electron chi connectivity index (χ4n) is 2.34. The minimum absolute atomic E-state index is 0.195. The molecule has 2 heterocycles. The number of ether oxygens (including phenoxy) is 4. The molecule has 1 amide bonds. The van der Waals surface area contributed by atoms with Gasteiger partial charge in [-0.1, -0.05) is 6.58 Å². The quantitative estimate of drug-likeness (QED) is 0.757. The van der Waals surface area contributed by atoms with E-state index in [0.29, 0.717) is 12.1 Å². The number of methoxy groups -OCH3 is 1. The number of nitrogens with one attached hydrogen (secondary N) is 1. The molecule has 2 rings (SSSR count). The molecule has 19 heavy (non-hydrogen) atoms. The van der Waals surface area contributed by atoms with E-state index in [1.54, 1.807) is 14.0 Å². The van der Waals surface area contributed by atoms with E-state index >= 15 is 0 Å². The third kappa shape index (κ3) is 2.97. The van der Waals surface area contributed by atoms with Crippen LogP contribution < -0.4 is 5.32 Å². The topological polar surface area (TPSA) is 66.0 Å². The van der Waals surface area contributed by atoms with Crippen LogP contribution in [0.1, 0.15) is 20.8 Å². The van der Waals surface area contributed by atoms with E-state index < -0.39 is 12.1 Å². The Balaban J connectivity index is 1.98. The largest absolute Gasteiger partial charge is 0.353 e. The number of hydrogen-bond acceptors (Lipinski definition) is 5. The van der Waals surface area contributed by atoms with Gasteiger partial charge < -0.3 is 24.3 Å². The van der Waals surface area contributed by atoms with Crippen LogP contribution in [0.2, 0.25) is 0 Å². The lowest BCUT2D eigenvalue weighted by atomic mass is 10.1. The Labute approximate surface area is 113 Å². The molecule has 2 aliphatic heterocycles. The minimum atomic E-state index is -0.660. The molecular weight excluding hydrogens is 250 g/mol. The Bertz CT molecular complexity index is 381. The molecule has 0 aromatic rings. The minimum Gasteiger partial charge on any atom is -0.353 e. The number of rotatable bonds is 4. The van der Waals surface area contributed by atoms with Crippen molar-refractivity contribution in [1.29, 1.82) is 0 Å². The van der Waals surface area contributed by atoms with Crippen LogP contribution in [0.4, 0.5) is 0 Å². The van der Waals surface area contributed by atoms with E-state index in [-0.39, 0.29) is 24.2 Å². The summed E-state index contributed by atoms with van der Waals surface area (Å²) < 4.78 is 22.5. The summed E-state index contributed by atoms with van der Waals surface area (Å²) in [5, 5.41) is 2.75. The average molecular weight is 271 g/mol. The van der Waals surface area contributed by atoms with E-state index in [1.807, 2.05) is 13.8 Å². The van der Waals surface area contributed by atoms with Crippen LogP contribution in [0.5, 0.6) is 0 Å². The van der Waals surface area contributed by atoms with Crippen LogP contribution in [0.3, 0.4) is 0 Å². The molecule has 6 heteroatoms. The van der Waals surface area contributed by atoms with Crippen LogP contribution >= 0.6 is 0 Å². The molecule has 4 atom stereocenters. The predicted molar refractivity (Wildman–Crippen MR) is 67.3 cm³/mol. The van der Waals surface area contributed by atoms with Crippen LogP contribution in [-0.4, -0.2) is 50.0 Å².